The van der Waals surface area contributed by atoms with Gasteiger partial charge < -0.3 is 10.2 Å². The summed E-state index contributed by atoms with van der Waals surface area (Å²) in [5.41, 5.74) is 2.47. The monoisotopic (exact) mass is 272 g/mol. The van der Waals surface area contributed by atoms with Gasteiger partial charge in [-0.05, 0) is 32.0 Å². The van der Waals surface area contributed by atoms with Gasteiger partial charge in [0.05, 0.1) is 11.7 Å². The fourth-order valence-electron chi connectivity index (χ4n) is 3.13. The van der Waals surface area contributed by atoms with Gasteiger partial charge in [-0.25, -0.2) is 4.52 Å². The minimum Gasteiger partial charge on any atom is -0.311 e. The van der Waals surface area contributed by atoms with Gasteiger partial charge in [-0.15, -0.1) is 0 Å². The Morgan fingerprint density at radius 1 is 1.35 bits per heavy atom. The molecule has 1 N–H and O–H groups in total. The summed E-state index contributed by atoms with van der Waals surface area (Å²) in [7, 11) is 2.26. The second kappa shape index (κ2) is 6.37. The molecule has 0 atom stereocenters. The molecule has 1 aliphatic rings. The molecular weight excluding hydrogens is 248 g/mol. The Labute approximate surface area is 120 Å². The van der Waals surface area contributed by atoms with Gasteiger partial charge in [-0.1, -0.05) is 18.9 Å². The number of nitrogens with one attached hydrogen (secondary N) is 1. The minimum atomic E-state index is 0.814. The Hall–Kier alpha value is -1.39. The Kier molecular flexibility index (Phi) is 4.33. The molecule has 2 aromatic rings. The number of hydrogen-bond acceptors (Lipinski definition) is 3. The van der Waals surface area contributed by atoms with Crippen LogP contribution < -0.4 is 5.32 Å². The molecule has 2 heterocycles. The van der Waals surface area contributed by atoms with E-state index in [9.17, 15) is 0 Å². The summed E-state index contributed by atoms with van der Waals surface area (Å²) in [4.78, 5) is 2.51. The van der Waals surface area contributed by atoms with Crippen molar-refractivity contribution < 1.29 is 0 Å². The zero-order valence-electron chi connectivity index (χ0n) is 12.3. The molecule has 0 aliphatic heterocycles. The predicted octanol–water partition coefficient (Wildman–Crippen LogP) is 2.30. The highest BCUT2D eigenvalue weighted by Crippen LogP contribution is 2.21. The normalized spacial score (nSPS) is 16.5. The summed E-state index contributed by atoms with van der Waals surface area (Å²) >= 11 is 0. The van der Waals surface area contributed by atoms with E-state index in [1.54, 1.807) is 0 Å². The van der Waals surface area contributed by atoms with E-state index >= 15 is 0 Å². The maximum atomic E-state index is 4.36. The highest BCUT2D eigenvalue weighted by molar-refractivity contribution is 5.53. The Morgan fingerprint density at radius 2 is 2.20 bits per heavy atom. The topological polar surface area (TPSA) is 32.6 Å². The lowest BCUT2D eigenvalue weighted by atomic mass is 10.2. The van der Waals surface area contributed by atoms with Crippen LogP contribution in [0.3, 0.4) is 0 Å². The molecule has 4 heteroatoms. The van der Waals surface area contributed by atoms with Gasteiger partial charge in [0, 0.05) is 37.4 Å². The third kappa shape index (κ3) is 3.02. The van der Waals surface area contributed by atoms with E-state index in [4.69, 9.17) is 0 Å². The van der Waals surface area contributed by atoms with Crippen molar-refractivity contribution in [2.75, 3.05) is 20.1 Å². The molecule has 0 unspecified atom stereocenters. The first-order valence-corrected chi connectivity index (χ1v) is 7.67. The Balaban J connectivity index is 1.45. The third-order valence-corrected chi connectivity index (χ3v) is 4.41. The van der Waals surface area contributed by atoms with Crippen molar-refractivity contribution in [3.05, 3.63) is 36.2 Å². The summed E-state index contributed by atoms with van der Waals surface area (Å²) in [6.45, 7) is 3.06. The summed E-state index contributed by atoms with van der Waals surface area (Å²) in [5.74, 6) is 0. The number of aromatic nitrogens is 2. The average molecular weight is 272 g/mol. The van der Waals surface area contributed by atoms with Gasteiger partial charge in [0.1, 0.15) is 0 Å². The van der Waals surface area contributed by atoms with Gasteiger partial charge in [0.25, 0.3) is 0 Å². The van der Waals surface area contributed by atoms with Crippen LogP contribution >= 0.6 is 0 Å². The lowest BCUT2D eigenvalue weighted by Crippen LogP contribution is -2.35. The Bertz CT molecular complexity index is 542. The molecule has 0 spiro atoms. The van der Waals surface area contributed by atoms with Crippen LogP contribution in [-0.2, 0) is 6.54 Å². The van der Waals surface area contributed by atoms with E-state index in [0.717, 1.165) is 25.7 Å². The van der Waals surface area contributed by atoms with E-state index in [1.807, 2.05) is 23.0 Å². The lowest BCUT2D eigenvalue weighted by molar-refractivity contribution is 0.245. The number of pyridine rings is 1. The summed E-state index contributed by atoms with van der Waals surface area (Å²) < 4.78 is 1.93. The molecule has 108 valence electrons. The van der Waals surface area contributed by atoms with Crippen LogP contribution in [0.1, 0.15) is 31.2 Å². The molecule has 0 amide bonds. The van der Waals surface area contributed by atoms with Crippen molar-refractivity contribution in [1.82, 2.24) is 19.8 Å². The molecule has 20 heavy (non-hydrogen) atoms. The van der Waals surface area contributed by atoms with Crippen molar-refractivity contribution in [2.45, 2.75) is 38.3 Å². The summed E-state index contributed by atoms with van der Waals surface area (Å²) in [6, 6.07) is 7.00. The first-order valence-electron chi connectivity index (χ1n) is 7.67. The number of fused-ring (bicyclic) bond motifs is 1. The maximum Gasteiger partial charge on any atom is 0.0706 e. The van der Waals surface area contributed by atoms with E-state index in [-0.39, 0.29) is 0 Å². The van der Waals surface area contributed by atoms with Gasteiger partial charge >= 0.3 is 0 Å². The second-order valence-electron chi connectivity index (χ2n) is 5.80. The molecule has 2 aromatic heterocycles. The molecule has 3 rings (SSSR count). The summed E-state index contributed by atoms with van der Waals surface area (Å²) in [5, 5.41) is 7.90. The van der Waals surface area contributed by atoms with Crippen molar-refractivity contribution in [2.24, 2.45) is 0 Å². The number of hydrogen-bond donors (Lipinski definition) is 1. The number of rotatable bonds is 6. The van der Waals surface area contributed by atoms with E-state index in [2.05, 4.69) is 34.5 Å². The van der Waals surface area contributed by atoms with Crippen LogP contribution in [0.2, 0.25) is 0 Å². The fraction of sp³-hybridized carbons (Fsp3) is 0.562. The van der Waals surface area contributed by atoms with Crippen molar-refractivity contribution in [3.8, 4) is 0 Å². The van der Waals surface area contributed by atoms with Crippen LogP contribution in [-0.4, -0.2) is 40.7 Å². The average Bonchev–Trinajstić information content (AvgIpc) is 3.13. The molecule has 1 fully saturated rings. The molecule has 1 saturated carbocycles. The lowest BCUT2D eigenvalue weighted by Gasteiger charge is -2.23. The smallest absolute Gasteiger partial charge is 0.0706 e. The second-order valence-corrected chi connectivity index (χ2v) is 5.80. The van der Waals surface area contributed by atoms with Gasteiger partial charge in [0.2, 0.25) is 0 Å². The standard InChI is InChI=1S/C16H24N4/c1-19(15-6-2-3-7-15)11-9-17-12-14-13-18-20-10-5-4-8-16(14)20/h4-5,8,10,13,15,17H,2-3,6-7,9,11-12H2,1H3. The Morgan fingerprint density at radius 3 is 3.05 bits per heavy atom. The quantitative estimate of drug-likeness (QED) is 0.819. The van der Waals surface area contributed by atoms with E-state index < -0.39 is 0 Å². The zero-order valence-corrected chi connectivity index (χ0v) is 12.3. The van der Waals surface area contributed by atoms with Crippen LogP contribution in [0.5, 0.6) is 0 Å². The van der Waals surface area contributed by atoms with Crippen molar-refractivity contribution in [3.63, 3.8) is 0 Å². The SMILES string of the molecule is CN(CCNCc1cnn2ccccc12)C1CCCC1. The zero-order chi connectivity index (χ0) is 13.8. The maximum absolute atomic E-state index is 4.36. The molecule has 0 bridgehead atoms. The van der Waals surface area contributed by atoms with Gasteiger partial charge in [-0.3, -0.25) is 0 Å². The van der Waals surface area contributed by atoms with Crippen molar-refractivity contribution in [1.29, 1.82) is 0 Å². The number of likely N-dealkylation sites (N-methyl/N-ethyl adjacent to an activating group) is 1. The van der Waals surface area contributed by atoms with E-state index in [1.165, 1.54) is 36.8 Å². The van der Waals surface area contributed by atoms with Crippen LogP contribution in [0.15, 0.2) is 30.6 Å². The van der Waals surface area contributed by atoms with Crippen molar-refractivity contribution >= 4 is 5.52 Å². The van der Waals surface area contributed by atoms with Crippen LogP contribution in [0.25, 0.3) is 5.52 Å². The van der Waals surface area contributed by atoms with Crippen LogP contribution in [0.4, 0.5) is 0 Å². The largest absolute Gasteiger partial charge is 0.311 e. The predicted molar refractivity (Wildman–Crippen MR) is 81.8 cm³/mol. The molecule has 4 nitrogen and oxygen atoms in total. The minimum absolute atomic E-state index is 0.814. The van der Waals surface area contributed by atoms with Gasteiger partial charge in [0.15, 0.2) is 0 Å². The van der Waals surface area contributed by atoms with Gasteiger partial charge in [-0.2, -0.15) is 5.10 Å². The highest BCUT2D eigenvalue weighted by atomic mass is 15.2. The summed E-state index contributed by atoms with van der Waals surface area (Å²) in [6.07, 6.45) is 9.53. The van der Waals surface area contributed by atoms with Crippen LogP contribution in [0, 0.1) is 0 Å². The molecule has 0 radical (unpaired) electrons. The molecular formula is C16H24N4. The fourth-order valence-corrected chi connectivity index (χ4v) is 3.13. The molecule has 1 aliphatic carbocycles. The first-order chi connectivity index (χ1) is 9.84. The number of nitrogens with zero attached hydrogens (tertiary/aromatic N) is 3. The van der Waals surface area contributed by atoms with E-state index in [0.29, 0.717) is 0 Å². The highest BCUT2D eigenvalue weighted by Gasteiger charge is 2.18. The molecule has 0 aromatic carbocycles. The molecule has 0 saturated heterocycles. The first kappa shape index (κ1) is 13.6. The third-order valence-electron chi connectivity index (χ3n) is 4.41.